The summed E-state index contributed by atoms with van der Waals surface area (Å²) in [7, 11) is 0. The molecule has 2 atom stereocenters. The van der Waals surface area contributed by atoms with Crippen molar-refractivity contribution in [2.75, 3.05) is 39.4 Å². The first-order valence-corrected chi connectivity index (χ1v) is 9.83. The van der Waals surface area contributed by atoms with Crippen molar-refractivity contribution in [2.45, 2.75) is 12.2 Å². The van der Waals surface area contributed by atoms with E-state index in [0.717, 1.165) is 0 Å². The quantitative estimate of drug-likeness (QED) is 0.366. The van der Waals surface area contributed by atoms with Crippen LogP contribution in [0.25, 0.3) is 0 Å². The van der Waals surface area contributed by atoms with Crippen LogP contribution in [0.1, 0.15) is 0 Å². The molecule has 4 N–H and O–H groups in total. The van der Waals surface area contributed by atoms with E-state index in [1.54, 1.807) is 48.5 Å². The molecule has 0 fully saturated rings. The van der Waals surface area contributed by atoms with Gasteiger partial charge in [0.05, 0.1) is 0 Å². The molecule has 0 saturated heterocycles. The van der Waals surface area contributed by atoms with Crippen LogP contribution >= 0.6 is 23.2 Å². The van der Waals surface area contributed by atoms with Crippen LogP contribution in [-0.4, -0.2) is 61.8 Å². The predicted molar refractivity (Wildman–Crippen MR) is 112 cm³/mol. The number of ether oxygens (including phenoxy) is 2. The van der Waals surface area contributed by atoms with Gasteiger partial charge in [0.2, 0.25) is 0 Å². The summed E-state index contributed by atoms with van der Waals surface area (Å²) in [5.41, 5.74) is 0. The number of halogens is 2. The zero-order valence-corrected chi connectivity index (χ0v) is 17.0. The van der Waals surface area contributed by atoms with Crippen molar-refractivity contribution in [3.8, 4) is 11.5 Å². The zero-order valence-electron chi connectivity index (χ0n) is 15.5. The molecule has 0 aromatic heterocycles. The number of aliphatic hydroxyl groups excluding tert-OH is 2. The molecule has 0 amide bonds. The molecule has 0 spiro atoms. The Morgan fingerprint density at radius 1 is 0.750 bits per heavy atom. The minimum absolute atomic E-state index is 0.181. The Morgan fingerprint density at radius 3 is 1.57 bits per heavy atom. The number of hydrogen-bond donors (Lipinski definition) is 4. The van der Waals surface area contributed by atoms with E-state index in [1.807, 2.05) is 0 Å². The van der Waals surface area contributed by atoms with Crippen molar-refractivity contribution in [3.63, 3.8) is 0 Å². The molecule has 2 unspecified atom stereocenters. The van der Waals surface area contributed by atoms with E-state index in [2.05, 4.69) is 10.6 Å². The molecule has 2 aromatic carbocycles. The van der Waals surface area contributed by atoms with Crippen molar-refractivity contribution >= 4 is 23.2 Å². The maximum atomic E-state index is 9.92. The third-order valence-electron chi connectivity index (χ3n) is 3.72. The van der Waals surface area contributed by atoms with Gasteiger partial charge >= 0.3 is 0 Å². The van der Waals surface area contributed by atoms with E-state index in [1.165, 1.54) is 0 Å². The smallest absolute Gasteiger partial charge is 0.120 e. The topological polar surface area (TPSA) is 83.0 Å². The fraction of sp³-hybridized carbons (Fsp3) is 0.400. The Balaban J connectivity index is 1.47. The van der Waals surface area contributed by atoms with Gasteiger partial charge in [0.1, 0.15) is 36.9 Å². The lowest BCUT2D eigenvalue weighted by Crippen LogP contribution is -2.38. The molecule has 2 rings (SSSR count). The van der Waals surface area contributed by atoms with Gasteiger partial charge < -0.3 is 30.3 Å². The molecular formula is C20H26Cl2N2O4. The third-order valence-corrected chi connectivity index (χ3v) is 4.19. The summed E-state index contributed by atoms with van der Waals surface area (Å²) in [5, 5.41) is 27.3. The first-order valence-electron chi connectivity index (χ1n) is 9.07. The number of aliphatic hydroxyl groups is 2. The molecule has 0 bridgehead atoms. The average Bonchev–Trinajstić information content (AvgIpc) is 2.67. The van der Waals surface area contributed by atoms with Crippen molar-refractivity contribution < 1.29 is 19.7 Å². The number of hydrogen-bond acceptors (Lipinski definition) is 6. The monoisotopic (exact) mass is 428 g/mol. The highest BCUT2D eigenvalue weighted by Crippen LogP contribution is 2.17. The van der Waals surface area contributed by atoms with Gasteiger partial charge in [0, 0.05) is 36.2 Å². The van der Waals surface area contributed by atoms with Gasteiger partial charge in [-0.25, -0.2) is 0 Å². The summed E-state index contributed by atoms with van der Waals surface area (Å²) < 4.78 is 11.0. The summed E-state index contributed by atoms with van der Waals surface area (Å²) in [6.45, 7) is 2.47. The summed E-state index contributed by atoms with van der Waals surface area (Å²) in [6.07, 6.45) is -1.26. The molecule has 0 aliphatic rings. The predicted octanol–water partition coefficient (Wildman–Crippen LogP) is 2.35. The minimum atomic E-state index is -0.629. The van der Waals surface area contributed by atoms with Crippen LogP contribution in [0.5, 0.6) is 11.5 Å². The fourth-order valence-corrected chi connectivity index (χ4v) is 2.69. The van der Waals surface area contributed by atoms with Gasteiger partial charge in [0.25, 0.3) is 0 Å². The summed E-state index contributed by atoms with van der Waals surface area (Å²) in [5.74, 6) is 1.25. The van der Waals surface area contributed by atoms with Crippen molar-refractivity contribution in [3.05, 3.63) is 58.6 Å². The SMILES string of the molecule is OC(CNCCNCC(O)COc1cccc(Cl)c1)COc1cccc(Cl)c1. The zero-order chi connectivity index (χ0) is 20.2. The number of nitrogens with one attached hydrogen (secondary N) is 2. The van der Waals surface area contributed by atoms with E-state index in [0.29, 0.717) is 47.7 Å². The molecule has 6 nitrogen and oxygen atoms in total. The van der Waals surface area contributed by atoms with Crippen LogP contribution in [-0.2, 0) is 0 Å². The van der Waals surface area contributed by atoms with Crippen LogP contribution in [0.2, 0.25) is 10.0 Å². The van der Waals surface area contributed by atoms with Gasteiger partial charge in [-0.1, -0.05) is 35.3 Å². The summed E-state index contributed by atoms with van der Waals surface area (Å²) >= 11 is 11.8. The normalized spacial score (nSPS) is 13.1. The van der Waals surface area contributed by atoms with Crippen LogP contribution in [0, 0.1) is 0 Å². The van der Waals surface area contributed by atoms with Crippen LogP contribution < -0.4 is 20.1 Å². The molecule has 0 heterocycles. The van der Waals surface area contributed by atoms with Gasteiger partial charge in [-0.05, 0) is 36.4 Å². The second kappa shape index (κ2) is 12.8. The Morgan fingerprint density at radius 2 is 1.18 bits per heavy atom. The van der Waals surface area contributed by atoms with Gasteiger partial charge in [-0.15, -0.1) is 0 Å². The average molecular weight is 429 g/mol. The van der Waals surface area contributed by atoms with E-state index in [4.69, 9.17) is 32.7 Å². The minimum Gasteiger partial charge on any atom is -0.491 e. The van der Waals surface area contributed by atoms with Gasteiger partial charge in [0.15, 0.2) is 0 Å². The van der Waals surface area contributed by atoms with Crippen LogP contribution in [0.15, 0.2) is 48.5 Å². The van der Waals surface area contributed by atoms with E-state index in [9.17, 15) is 10.2 Å². The van der Waals surface area contributed by atoms with Crippen LogP contribution in [0.4, 0.5) is 0 Å². The highest BCUT2D eigenvalue weighted by atomic mass is 35.5. The summed E-state index contributed by atoms with van der Waals surface area (Å²) in [6, 6.07) is 14.1. The van der Waals surface area contributed by atoms with Crippen molar-refractivity contribution in [1.82, 2.24) is 10.6 Å². The lowest BCUT2D eigenvalue weighted by Gasteiger charge is -2.15. The maximum Gasteiger partial charge on any atom is 0.120 e. The molecule has 0 aliphatic carbocycles. The van der Waals surface area contributed by atoms with E-state index in [-0.39, 0.29) is 13.2 Å². The lowest BCUT2D eigenvalue weighted by atomic mass is 10.3. The first kappa shape index (κ1) is 22.7. The molecule has 28 heavy (non-hydrogen) atoms. The van der Waals surface area contributed by atoms with Crippen molar-refractivity contribution in [1.29, 1.82) is 0 Å². The van der Waals surface area contributed by atoms with Crippen LogP contribution in [0.3, 0.4) is 0 Å². The first-order chi connectivity index (χ1) is 13.5. The number of rotatable bonds is 13. The molecular weight excluding hydrogens is 403 g/mol. The Kier molecular flexibility index (Phi) is 10.4. The summed E-state index contributed by atoms with van der Waals surface area (Å²) in [4.78, 5) is 0. The second-order valence-corrected chi connectivity index (χ2v) is 7.13. The highest BCUT2D eigenvalue weighted by Gasteiger charge is 2.07. The molecule has 0 radical (unpaired) electrons. The second-order valence-electron chi connectivity index (χ2n) is 6.25. The van der Waals surface area contributed by atoms with Crippen molar-refractivity contribution in [2.24, 2.45) is 0 Å². The molecule has 154 valence electrons. The molecule has 0 aliphatic heterocycles. The Bertz CT molecular complexity index is 646. The Labute approximate surface area is 175 Å². The largest absolute Gasteiger partial charge is 0.491 e. The van der Waals surface area contributed by atoms with E-state index < -0.39 is 12.2 Å². The van der Waals surface area contributed by atoms with Gasteiger partial charge in [-0.3, -0.25) is 0 Å². The fourth-order valence-electron chi connectivity index (χ4n) is 2.33. The van der Waals surface area contributed by atoms with Gasteiger partial charge in [-0.2, -0.15) is 0 Å². The lowest BCUT2D eigenvalue weighted by molar-refractivity contribution is 0.103. The number of benzene rings is 2. The third kappa shape index (κ3) is 9.59. The standard InChI is InChI=1S/C20H26Cl2N2O4/c21-15-3-1-5-19(9-15)27-13-17(25)11-23-7-8-24-12-18(26)14-28-20-6-2-4-16(22)10-20/h1-6,9-10,17-18,23-26H,7-8,11-14H2. The highest BCUT2D eigenvalue weighted by molar-refractivity contribution is 6.31. The van der Waals surface area contributed by atoms with E-state index >= 15 is 0 Å². The maximum absolute atomic E-state index is 9.92. The molecule has 2 aromatic rings. The molecule has 0 saturated carbocycles. The Hall–Kier alpha value is -1.54. The molecule has 8 heteroatoms.